The molecule has 0 aliphatic rings. The molecule has 2 rings (SSSR count). The zero-order chi connectivity index (χ0) is 13.8. The second-order valence-electron chi connectivity index (χ2n) is 4.55. The maximum atomic E-state index is 10.6. The molecule has 0 aliphatic carbocycles. The van der Waals surface area contributed by atoms with Crippen LogP contribution in [0.3, 0.4) is 0 Å². The summed E-state index contributed by atoms with van der Waals surface area (Å²) in [5.74, 6) is 0.607. The Balaban J connectivity index is 2.32. The van der Waals surface area contributed by atoms with E-state index in [1.165, 1.54) is 16.9 Å². The van der Waals surface area contributed by atoms with Gasteiger partial charge in [-0.2, -0.15) is 0 Å². The lowest BCUT2D eigenvalue weighted by Gasteiger charge is -2.22. The van der Waals surface area contributed by atoms with Crippen molar-refractivity contribution >= 4 is 11.3 Å². The Bertz CT molecular complexity index is 538. The van der Waals surface area contributed by atoms with Crippen LogP contribution in [0.25, 0.3) is 0 Å². The van der Waals surface area contributed by atoms with Gasteiger partial charge in [-0.25, -0.2) is 0 Å². The highest BCUT2D eigenvalue weighted by molar-refractivity contribution is 7.10. The fraction of sp³-hybridized carbons (Fsp3) is 0.333. The molecule has 2 aromatic rings. The van der Waals surface area contributed by atoms with Crippen molar-refractivity contribution in [1.29, 1.82) is 0 Å². The van der Waals surface area contributed by atoms with Crippen LogP contribution in [0.4, 0.5) is 0 Å². The Hall–Kier alpha value is -1.36. The smallest absolute Gasteiger partial charge is 0.135 e. The monoisotopic (exact) mass is 277 g/mol. The summed E-state index contributed by atoms with van der Waals surface area (Å²) >= 11 is 1.49. The van der Waals surface area contributed by atoms with Crippen LogP contribution in [-0.4, -0.2) is 18.8 Å². The first-order valence-corrected chi connectivity index (χ1v) is 7.11. The van der Waals surface area contributed by atoms with Crippen molar-refractivity contribution in [2.45, 2.75) is 18.9 Å². The van der Waals surface area contributed by atoms with E-state index in [2.05, 4.69) is 6.07 Å². The molecule has 3 N–H and O–H groups in total. The summed E-state index contributed by atoms with van der Waals surface area (Å²) in [6, 6.07) is 9.97. The van der Waals surface area contributed by atoms with E-state index in [9.17, 15) is 5.11 Å². The van der Waals surface area contributed by atoms with E-state index < -0.39 is 6.10 Å². The Morgan fingerprint density at radius 3 is 2.79 bits per heavy atom. The number of nitrogens with two attached hydrogens (primary N) is 1. The number of thiophene rings is 1. The fourth-order valence-corrected chi connectivity index (χ4v) is 3.13. The number of hydrogen-bond acceptors (Lipinski definition) is 4. The lowest BCUT2D eigenvalue weighted by Crippen LogP contribution is -2.20. The van der Waals surface area contributed by atoms with Crippen LogP contribution >= 0.6 is 11.3 Å². The van der Waals surface area contributed by atoms with Gasteiger partial charge in [0.15, 0.2) is 0 Å². The summed E-state index contributed by atoms with van der Waals surface area (Å²) in [6.45, 7) is 2.43. The van der Waals surface area contributed by atoms with Crippen molar-refractivity contribution in [2.24, 2.45) is 5.73 Å². The van der Waals surface area contributed by atoms with E-state index in [4.69, 9.17) is 10.5 Å². The second-order valence-corrected chi connectivity index (χ2v) is 5.50. The molecule has 2 unspecified atom stereocenters. The second kappa shape index (κ2) is 6.19. The molecule has 0 saturated carbocycles. The number of ether oxygens (including phenoxy) is 1. The maximum Gasteiger partial charge on any atom is 0.135 e. The minimum atomic E-state index is -0.637. The zero-order valence-electron chi connectivity index (χ0n) is 11.2. The number of benzene rings is 1. The van der Waals surface area contributed by atoms with Crippen LogP contribution in [0.15, 0.2) is 35.7 Å². The van der Waals surface area contributed by atoms with Crippen LogP contribution in [0.2, 0.25) is 0 Å². The molecule has 0 amide bonds. The quantitative estimate of drug-likeness (QED) is 0.883. The molecule has 102 valence electrons. The Kier molecular flexibility index (Phi) is 4.58. The Labute approximate surface area is 117 Å². The average Bonchev–Trinajstić information content (AvgIpc) is 2.87. The number of aryl methyl sites for hydroxylation is 1. The molecule has 0 aliphatic heterocycles. The molecule has 2 atom stereocenters. The Morgan fingerprint density at radius 2 is 2.16 bits per heavy atom. The maximum absolute atomic E-state index is 10.6. The molecule has 0 fully saturated rings. The molecular formula is C15H19NO2S. The van der Waals surface area contributed by atoms with E-state index in [0.29, 0.717) is 6.54 Å². The Morgan fingerprint density at radius 1 is 1.37 bits per heavy atom. The van der Waals surface area contributed by atoms with E-state index in [1.54, 1.807) is 7.11 Å². The SMILES string of the molecule is COc1ccsc1C(O)C(CN)c1cccc(C)c1. The summed E-state index contributed by atoms with van der Waals surface area (Å²) in [6.07, 6.45) is -0.637. The van der Waals surface area contributed by atoms with Gasteiger partial charge in [0.25, 0.3) is 0 Å². The van der Waals surface area contributed by atoms with Gasteiger partial charge in [-0.15, -0.1) is 11.3 Å². The third-order valence-electron chi connectivity index (χ3n) is 3.25. The summed E-state index contributed by atoms with van der Waals surface area (Å²) in [4.78, 5) is 0.833. The van der Waals surface area contributed by atoms with Crippen LogP contribution in [0, 0.1) is 6.92 Å². The summed E-state index contributed by atoms with van der Waals surface area (Å²) in [7, 11) is 1.61. The third kappa shape index (κ3) is 2.97. The first-order valence-electron chi connectivity index (χ1n) is 6.23. The van der Waals surface area contributed by atoms with Gasteiger partial charge in [0, 0.05) is 12.5 Å². The molecule has 19 heavy (non-hydrogen) atoms. The predicted octanol–water partition coefficient (Wildman–Crippen LogP) is 2.84. The largest absolute Gasteiger partial charge is 0.495 e. The minimum Gasteiger partial charge on any atom is -0.495 e. The van der Waals surface area contributed by atoms with Crippen molar-refractivity contribution in [3.63, 3.8) is 0 Å². The van der Waals surface area contributed by atoms with Gasteiger partial charge in [-0.05, 0) is 23.9 Å². The van der Waals surface area contributed by atoms with Crippen molar-refractivity contribution in [3.8, 4) is 5.75 Å². The lowest BCUT2D eigenvalue weighted by molar-refractivity contribution is 0.148. The average molecular weight is 277 g/mol. The van der Waals surface area contributed by atoms with Crippen LogP contribution in [0.1, 0.15) is 28.0 Å². The van der Waals surface area contributed by atoms with Gasteiger partial charge in [0.05, 0.1) is 18.1 Å². The summed E-state index contributed by atoms with van der Waals surface area (Å²) < 4.78 is 5.27. The highest BCUT2D eigenvalue weighted by Crippen LogP contribution is 2.38. The lowest BCUT2D eigenvalue weighted by atomic mass is 9.91. The molecule has 0 radical (unpaired) electrons. The normalized spacial score (nSPS) is 14.1. The third-order valence-corrected chi connectivity index (χ3v) is 4.22. The number of aliphatic hydroxyl groups excluding tert-OH is 1. The number of rotatable bonds is 5. The van der Waals surface area contributed by atoms with E-state index >= 15 is 0 Å². The van der Waals surface area contributed by atoms with E-state index in [1.807, 2.05) is 36.6 Å². The van der Waals surface area contributed by atoms with Gasteiger partial charge >= 0.3 is 0 Å². The standard InChI is InChI=1S/C15H19NO2S/c1-10-4-3-5-11(8-10)12(9-16)14(17)15-13(18-2)6-7-19-15/h3-8,12,14,17H,9,16H2,1-2H3. The van der Waals surface area contributed by atoms with Gasteiger partial charge < -0.3 is 15.6 Å². The molecule has 0 spiro atoms. The van der Waals surface area contributed by atoms with Gasteiger partial charge in [0.2, 0.25) is 0 Å². The first-order chi connectivity index (χ1) is 9.17. The predicted molar refractivity (Wildman–Crippen MR) is 78.8 cm³/mol. The van der Waals surface area contributed by atoms with Crippen molar-refractivity contribution < 1.29 is 9.84 Å². The topological polar surface area (TPSA) is 55.5 Å². The highest BCUT2D eigenvalue weighted by atomic mass is 32.1. The molecule has 4 heteroatoms. The van der Waals surface area contributed by atoms with Crippen molar-refractivity contribution in [2.75, 3.05) is 13.7 Å². The number of methoxy groups -OCH3 is 1. The molecule has 3 nitrogen and oxygen atoms in total. The molecule has 1 aromatic carbocycles. The van der Waals surface area contributed by atoms with Crippen LogP contribution < -0.4 is 10.5 Å². The van der Waals surface area contributed by atoms with Gasteiger partial charge in [-0.3, -0.25) is 0 Å². The number of aliphatic hydroxyl groups is 1. The molecular weight excluding hydrogens is 258 g/mol. The van der Waals surface area contributed by atoms with Crippen molar-refractivity contribution in [3.05, 3.63) is 51.7 Å². The molecule has 0 bridgehead atoms. The van der Waals surface area contributed by atoms with E-state index in [-0.39, 0.29) is 5.92 Å². The first kappa shape index (κ1) is 14.1. The van der Waals surface area contributed by atoms with Crippen LogP contribution in [0.5, 0.6) is 5.75 Å². The fourth-order valence-electron chi connectivity index (χ4n) is 2.22. The van der Waals surface area contributed by atoms with Gasteiger partial charge in [0.1, 0.15) is 5.75 Å². The van der Waals surface area contributed by atoms with Gasteiger partial charge in [-0.1, -0.05) is 29.8 Å². The van der Waals surface area contributed by atoms with E-state index in [0.717, 1.165) is 16.2 Å². The summed E-state index contributed by atoms with van der Waals surface area (Å²) in [5.41, 5.74) is 8.09. The molecule has 1 heterocycles. The minimum absolute atomic E-state index is 0.118. The van der Waals surface area contributed by atoms with Crippen LogP contribution in [-0.2, 0) is 0 Å². The molecule has 1 aromatic heterocycles. The highest BCUT2D eigenvalue weighted by Gasteiger charge is 2.25. The molecule has 0 saturated heterocycles. The van der Waals surface area contributed by atoms with Crippen molar-refractivity contribution in [1.82, 2.24) is 0 Å². The number of hydrogen-bond donors (Lipinski definition) is 2. The summed E-state index contributed by atoms with van der Waals surface area (Å²) in [5, 5.41) is 12.5. The zero-order valence-corrected chi connectivity index (χ0v) is 12.0.